The number of quaternary nitrogens is 1. The highest BCUT2D eigenvalue weighted by Gasteiger charge is 2.12. The number of nitrogens with zero attached hydrogens (tertiary/aromatic N) is 1. The molecule has 0 saturated heterocycles. The van der Waals surface area contributed by atoms with E-state index in [0.29, 0.717) is 0 Å². The van der Waals surface area contributed by atoms with E-state index in [9.17, 15) is 0 Å². The van der Waals surface area contributed by atoms with Crippen molar-refractivity contribution in [3.8, 4) is 0 Å². The molecule has 0 aromatic heterocycles. The van der Waals surface area contributed by atoms with Crippen molar-refractivity contribution in [1.29, 1.82) is 0 Å². The summed E-state index contributed by atoms with van der Waals surface area (Å²) in [4.78, 5) is 0. The highest BCUT2D eigenvalue weighted by Crippen LogP contribution is 2.23. The fraction of sp³-hybridized carbons (Fsp3) is 1.00. The maximum atomic E-state index is 2.33. The first-order chi connectivity index (χ1) is 11.5. The Balaban J connectivity index is 3.87. The molecule has 0 radical (unpaired) electrons. The number of unbranched alkanes of at least 4 members (excludes halogenated alkanes) is 10. The van der Waals surface area contributed by atoms with Crippen LogP contribution in [0.25, 0.3) is 0 Å². The average molecular weight is 341 g/mol. The molecule has 1 nitrogen and oxygen atoms in total. The maximum Gasteiger partial charge on any atom is 0.0780 e. The van der Waals surface area contributed by atoms with Crippen molar-refractivity contribution in [2.45, 2.75) is 117 Å². The van der Waals surface area contributed by atoms with Crippen molar-refractivity contribution in [1.82, 2.24) is 0 Å². The Kier molecular flexibility index (Phi) is 16.4. The Morgan fingerprint density at radius 2 is 0.875 bits per heavy atom. The molecule has 146 valence electrons. The smallest absolute Gasteiger partial charge is 0.0780 e. The van der Waals surface area contributed by atoms with Crippen LogP contribution in [0.1, 0.15) is 117 Å². The van der Waals surface area contributed by atoms with Crippen LogP contribution >= 0.6 is 0 Å². The summed E-state index contributed by atoms with van der Waals surface area (Å²) in [5.41, 5.74) is 0. The standard InChI is InChI=1S/C23H50N/c1-6-8-10-12-14-16-19-23(21-18-22-24(3,4)5)20-17-15-13-11-9-7-2/h23H,6-22H2,1-5H3/q+1. The van der Waals surface area contributed by atoms with Gasteiger partial charge in [0, 0.05) is 0 Å². The molecule has 0 N–H and O–H groups in total. The molecule has 24 heavy (non-hydrogen) atoms. The van der Waals surface area contributed by atoms with Crippen LogP contribution in [-0.2, 0) is 0 Å². The summed E-state index contributed by atoms with van der Waals surface area (Å²) in [6.07, 6.45) is 23.3. The van der Waals surface area contributed by atoms with E-state index in [1.165, 1.54) is 109 Å². The zero-order valence-electron chi connectivity index (χ0n) is 18.0. The van der Waals surface area contributed by atoms with E-state index < -0.39 is 0 Å². The first-order valence-corrected chi connectivity index (χ1v) is 11.3. The van der Waals surface area contributed by atoms with Gasteiger partial charge in [0.15, 0.2) is 0 Å². The number of hydrogen-bond acceptors (Lipinski definition) is 0. The minimum atomic E-state index is 1.01. The Morgan fingerprint density at radius 1 is 0.500 bits per heavy atom. The summed E-state index contributed by atoms with van der Waals surface area (Å²) in [6, 6.07) is 0. The molecule has 0 fully saturated rings. The molecule has 0 saturated carbocycles. The molecule has 0 aromatic carbocycles. The topological polar surface area (TPSA) is 0 Å². The Morgan fingerprint density at radius 3 is 1.29 bits per heavy atom. The molecule has 0 unspecified atom stereocenters. The lowest BCUT2D eigenvalue weighted by molar-refractivity contribution is -0.870. The molecule has 0 spiro atoms. The Bertz CT molecular complexity index is 225. The third-order valence-electron chi connectivity index (χ3n) is 5.37. The molecule has 0 aliphatic rings. The highest BCUT2D eigenvalue weighted by atomic mass is 15.3. The van der Waals surface area contributed by atoms with Gasteiger partial charge in [0.25, 0.3) is 0 Å². The van der Waals surface area contributed by atoms with Crippen molar-refractivity contribution in [2.75, 3.05) is 27.7 Å². The van der Waals surface area contributed by atoms with Gasteiger partial charge in [-0.3, -0.25) is 0 Å². The van der Waals surface area contributed by atoms with Crippen LogP contribution in [0.2, 0.25) is 0 Å². The van der Waals surface area contributed by atoms with E-state index >= 15 is 0 Å². The van der Waals surface area contributed by atoms with Gasteiger partial charge >= 0.3 is 0 Å². The van der Waals surface area contributed by atoms with Gasteiger partial charge in [0.05, 0.1) is 27.7 Å². The molecular formula is C23H50N+. The van der Waals surface area contributed by atoms with Crippen LogP contribution < -0.4 is 0 Å². The van der Waals surface area contributed by atoms with E-state index in [0.717, 1.165) is 10.4 Å². The van der Waals surface area contributed by atoms with E-state index in [-0.39, 0.29) is 0 Å². The summed E-state index contributed by atoms with van der Waals surface area (Å²) in [6.45, 7) is 5.96. The normalized spacial score (nSPS) is 12.2. The zero-order valence-corrected chi connectivity index (χ0v) is 18.0. The molecule has 0 bridgehead atoms. The van der Waals surface area contributed by atoms with Gasteiger partial charge < -0.3 is 4.48 Å². The molecule has 0 aromatic rings. The van der Waals surface area contributed by atoms with Crippen molar-refractivity contribution >= 4 is 0 Å². The van der Waals surface area contributed by atoms with Crippen LogP contribution in [0.15, 0.2) is 0 Å². The lowest BCUT2D eigenvalue weighted by atomic mass is 9.90. The second-order valence-electron chi connectivity index (χ2n) is 9.14. The molecule has 0 aliphatic carbocycles. The summed E-state index contributed by atoms with van der Waals surface area (Å²) in [5.74, 6) is 1.01. The molecule has 1 heteroatoms. The minimum Gasteiger partial charge on any atom is -0.331 e. The number of rotatable bonds is 18. The summed E-state index contributed by atoms with van der Waals surface area (Å²) in [7, 11) is 6.99. The molecule has 0 aliphatic heterocycles. The third-order valence-corrected chi connectivity index (χ3v) is 5.37. The van der Waals surface area contributed by atoms with Crippen LogP contribution in [0, 0.1) is 5.92 Å². The average Bonchev–Trinajstić information content (AvgIpc) is 2.52. The van der Waals surface area contributed by atoms with E-state index in [1.807, 2.05) is 0 Å². The van der Waals surface area contributed by atoms with Gasteiger partial charge in [-0.25, -0.2) is 0 Å². The second-order valence-corrected chi connectivity index (χ2v) is 9.14. The maximum absolute atomic E-state index is 2.33. The fourth-order valence-corrected chi connectivity index (χ4v) is 3.71. The zero-order chi connectivity index (χ0) is 18.1. The van der Waals surface area contributed by atoms with Gasteiger partial charge in [0.2, 0.25) is 0 Å². The predicted molar refractivity (Wildman–Crippen MR) is 112 cm³/mol. The lowest BCUT2D eigenvalue weighted by Crippen LogP contribution is -2.35. The second kappa shape index (κ2) is 16.4. The van der Waals surface area contributed by atoms with Gasteiger partial charge in [-0.1, -0.05) is 104 Å². The van der Waals surface area contributed by atoms with E-state index in [1.54, 1.807) is 0 Å². The van der Waals surface area contributed by atoms with Crippen molar-refractivity contribution < 1.29 is 4.48 Å². The summed E-state index contributed by atoms with van der Waals surface area (Å²) >= 11 is 0. The molecule has 0 rings (SSSR count). The van der Waals surface area contributed by atoms with Gasteiger partial charge in [-0.15, -0.1) is 0 Å². The van der Waals surface area contributed by atoms with E-state index in [4.69, 9.17) is 0 Å². The SMILES string of the molecule is CCCCCCCCC(CCCCCCCC)CCC[N+](C)(C)C. The van der Waals surface area contributed by atoms with Crippen molar-refractivity contribution in [3.05, 3.63) is 0 Å². The van der Waals surface area contributed by atoms with Gasteiger partial charge in [-0.2, -0.15) is 0 Å². The van der Waals surface area contributed by atoms with Crippen molar-refractivity contribution in [2.24, 2.45) is 5.92 Å². The molecule has 0 atom stereocenters. The molecular weight excluding hydrogens is 290 g/mol. The highest BCUT2D eigenvalue weighted by molar-refractivity contribution is 4.61. The molecule has 0 heterocycles. The third kappa shape index (κ3) is 18.3. The van der Waals surface area contributed by atoms with Crippen LogP contribution in [0.5, 0.6) is 0 Å². The Labute approximate surface area is 155 Å². The fourth-order valence-electron chi connectivity index (χ4n) is 3.71. The Hall–Kier alpha value is -0.0400. The monoisotopic (exact) mass is 340 g/mol. The lowest BCUT2D eigenvalue weighted by Gasteiger charge is -2.25. The quantitative estimate of drug-likeness (QED) is 0.178. The van der Waals surface area contributed by atoms with Crippen LogP contribution in [0.4, 0.5) is 0 Å². The van der Waals surface area contributed by atoms with Crippen LogP contribution in [-0.4, -0.2) is 32.2 Å². The van der Waals surface area contributed by atoms with Gasteiger partial charge in [-0.05, 0) is 18.8 Å². The molecule has 0 amide bonds. The predicted octanol–water partition coefficient (Wildman–Crippen LogP) is 7.59. The van der Waals surface area contributed by atoms with Crippen molar-refractivity contribution in [3.63, 3.8) is 0 Å². The largest absolute Gasteiger partial charge is 0.331 e. The first-order valence-electron chi connectivity index (χ1n) is 11.3. The number of hydrogen-bond donors (Lipinski definition) is 0. The first kappa shape index (κ1) is 24.0. The van der Waals surface area contributed by atoms with E-state index in [2.05, 4.69) is 35.0 Å². The summed E-state index contributed by atoms with van der Waals surface area (Å²) < 4.78 is 1.13. The van der Waals surface area contributed by atoms with Gasteiger partial charge in [0.1, 0.15) is 0 Å². The van der Waals surface area contributed by atoms with Crippen LogP contribution in [0.3, 0.4) is 0 Å². The summed E-state index contributed by atoms with van der Waals surface area (Å²) in [5, 5.41) is 0. The minimum absolute atomic E-state index is 1.01.